The molecule has 2 rings (SSSR count). The van der Waals surface area contributed by atoms with Crippen molar-refractivity contribution in [3.63, 3.8) is 0 Å². The van der Waals surface area contributed by atoms with Gasteiger partial charge in [-0.15, -0.1) is 0 Å². The molecule has 6 heteroatoms. The maximum Gasteiger partial charge on any atom is 0.215 e. The first-order valence-electron chi connectivity index (χ1n) is 8.26. The molecule has 0 aliphatic rings. The quantitative estimate of drug-likeness (QED) is 0.697. The van der Waals surface area contributed by atoms with E-state index < -0.39 is 10.0 Å². The number of aryl methyl sites for hydroxylation is 1. The molecule has 0 atom stereocenters. The van der Waals surface area contributed by atoms with Crippen LogP contribution >= 0.6 is 0 Å². The Kier molecular flexibility index (Phi) is 6.84. The van der Waals surface area contributed by atoms with Crippen molar-refractivity contribution in [2.45, 2.75) is 18.6 Å². The van der Waals surface area contributed by atoms with Crippen LogP contribution in [-0.2, 0) is 22.2 Å². The number of hydrogen-bond acceptors (Lipinski definition) is 4. The van der Waals surface area contributed by atoms with Crippen molar-refractivity contribution < 1.29 is 13.2 Å². The van der Waals surface area contributed by atoms with Crippen molar-refractivity contribution in [3.8, 4) is 5.75 Å². The maximum atomic E-state index is 12.1. The standard InChI is InChI=1S/C19H26N2O3S/c1-21(2)18-10-6-16(7-11-18)5-4-14-20-25(22,23)15-17-8-12-19(24-3)13-9-17/h6-13,20H,4-5,14-15H2,1-3H3. The number of sulfonamides is 1. The topological polar surface area (TPSA) is 58.6 Å². The number of ether oxygens (including phenoxy) is 1. The first-order valence-corrected chi connectivity index (χ1v) is 9.91. The second-order valence-corrected chi connectivity index (χ2v) is 7.97. The summed E-state index contributed by atoms with van der Waals surface area (Å²) in [5.41, 5.74) is 3.11. The Morgan fingerprint density at radius 3 is 2.12 bits per heavy atom. The number of hydrogen-bond donors (Lipinski definition) is 1. The summed E-state index contributed by atoms with van der Waals surface area (Å²) in [4.78, 5) is 2.05. The number of rotatable bonds is 9. The summed E-state index contributed by atoms with van der Waals surface area (Å²) in [5, 5.41) is 0. The minimum absolute atomic E-state index is 0.0193. The van der Waals surface area contributed by atoms with E-state index in [1.54, 1.807) is 31.4 Å². The fourth-order valence-corrected chi connectivity index (χ4v) is 3.66. The molecule has 1 N–H and O–H groups in total. The Morgan fingerprint density at radius 1 is 0.960 bits per heavy atom. The second-order valence-electron chi connectivity index (χ2n) is 6.17. The molecule has 25 heavy (non-hydrogen) atoms. The van der Waals surface area contributed by atoms with Gasteiger partial charge in [-0.2, -0.15) is 0 Å². The lowest BCUT2D eigenvalue weighted by atomic mass is 10.1. The Hall–Kier alpha value is -2.05. The zero-order valence-electron chi connectivity index (χ0n) is 15.0. The fourth-order valence-electron chi connectivity index (χ4n) is 2.47. The van der Waals surface area contributed by atoms with Crippen LogP contribution in [0.5, 0.6) is 5.75 Å². The summed E-state index contributed by atoms with van der Waals surface area (Å²) in [6, 6.07) is 15.4. The molecule has 0 spiro atoms. The Bertz CT molecular complexity index is 754. The third-order valence-electron chi connectivity index (χ3n) is 3.93. The molecule has 0 saturated carbocycles. The molecule has 0 fully saturated rings. The molecular weight excluding hydrogens is 336 g/mol. The van der Waals surface area contributed by atoms with E-state index >= 15 is 0 Å². The smallest absolute Gasteiger partial charge is 0.215 e. The highest BCUT2D eigenvalue weighted by Gasteiger charge is 2.11. The van der Waals surface area contributed by atoms with E-state index in [0.717, 1.165) is 29.8 Å². The van der Waals surface area contributed by atoms with Crippen molar-refractivity contribution in [2.24, 2.45) is 0 Å². The summed E-state index contributed by atoms with van der Waals surface area (Å²) in [7, 11) is 2.27. The molecule has 0 radical (unpaired) electrons. The van der Waals surface area contributed by atoms with Crippen molar-refractivity contribution in [3.05, 3.63) is 59.7 Å². The zero-order valence-corrected chi connectivity index (χ0v) is 15.8. The van der Waals surface area contributed by atoms with Crippen molar-refractivity contribution >= 4 is 15.7 Å². The lowest BCUT2D eigenvalue weighted by molar-refractivity contribution is 0.414. The largest absolute Gasteiger partial charge is 0.497 e. The SMILES string of the molecule is COc1ccc(CS(=O)(=O)NCCCc2ccc(N(C)C)cc2)cc1. The van der Waals surface area contributed by atoms with Crippen LogP contribution in [0.15, 0.2) is 48.5 Å². The Balaban J connectivity index is 1.77. The second kappa shape index (κ2) is 8.87. The van der Waals surface area contributed by atoms with Gasteiger partial charge in [-0.3, -0.25) is 0 Å². The number of methoxy groups -OCH3 is 1. The molecule has 0 aliphatic heterocycles. The van der Waals surface area contributed by atoms with E-state index in [2.05, 4.69) is 33.9 Å². The van der Waals surface area contributed by atoms with E-state index in [1.165, 1.54) is 5.56 Å². The van der Waals surface area contributed by atoms with E-state index in [9.17, 15) is 8.42 Å². The highest BCUT2D eigenvalue weighted by atomic mass is 32.2. The summed E-state index contributed by atoms with van der Waals surface area (Å²) < 4.78 is 32.0. The van der Waals surface area contributed by atoms with Crippen LogP contribution in [0.1, 0.15) is 17.5 Å². The van der Waals surface area contributed by atoms with Crippen LogP contribution < -0.4 is 14.4 Å². The molecular formula is C19H26N2O3S. The van der Waals surface area contributed by atoms with E-state index in [0.29, 0.717) is 6.54 Å². The predicted octanol–water partition coefficient (Wildman–Crippen LogP) is 2.81. The number of benzene rings is 2. The van der Waals surface area contributed by atoms with E-state index in [4.69, 9.17) is 4.74 Å². The molecule has 0 aliphatic carbocycles. The van der Waals surface area contributed by atoms with Gasteiger partial charge in [-0.25, -0.2) is 13.1 Å². The first kappa shape index (κ1) is 19.3. The Morgan fingerprint density at radius 2 is 1.56 bits per heavy atom. The van der Waals surface area contributed by atoms with Crippen molar-refractivity contribution in [1.82, 2.24) is 4.72 Å². The third kappa shape index (κ3) is 6.40. The molecule has 136 valence electrons. The summed E-state index contributed by atoms with van der Waals surface area (Å²) >= 11 is 0. The summed E-state index contributed by atoms with van der Waals surface area (Å²) in [6.07, 6.45) is 1.61. The average Bonchev–Trinajstić information content (AvgIpc) is 2.59. The van der Waals surface area contributed by atoms with Gasteiger partial charge in [-0.05, 0) is 48.2 Å². The highest BCUT2D eigenvalue weighted by molar-refractivity contribution is 7.88. The number of nitrogens with one attached hydrogen (secondary N) is 1. The van der Waals surface area contributed by atoms with Gasteiger partial charge in [0.25, 0.3) is 0 Å². The van der Waals surface area contributed by atoms with Gasteiger partial charge < -0.3 is 9.64 Å². The lowest BCUT2D eigenvalue weighted by Crippen LogP contribution is -2.26. The molecule has 0 aromatic heterocycles. The molecule has 2 aromatic carbocycles. The first-order chi connectivity index (χ1) is 11.9. The molecule has 5 nitrogen and oxygen atoms in total. The van der Waals surface area contributed by atoms with Crippen LogP contribution in [0.25, 0.3) is 0 Å². The van der Waals surface area contributed by atoms with Crippen LogP contribution in [0.3, 0.4) is 0 Å². The fraction of sp³-hybridized carbons (Fsp3) is 0.368. The van der Waals surface area contributed by atoms with Gasteiger partial charge in [0.1, 0.15) is 5.75 Å². The van der Waals surface area contributed by atoms with Gasteiger partial charge in [0, 0.05) is 26.3 Å². The Labute approximate surface area is 150 Å². The lowest BCUT2D eigenvalue weighted by Gasteiger charge is -2.12. The van der Waals surface area contributed by atoms with Gasteiger partial charge >= 0.3 is 0 Å². The molecule has 0 amide bonds. The molecule has 0 heterocycles. The number of anilines is 1. The van der Waals surface area contributed by atoms with Crippen LogP contribution in [0.2, 0.25) is 0 Å². The molecule has 0 saturated heterocycles. The maximum absolute atomic E-state index is 12.1. The van der Waals surface area contributed by atoms with Crippen molar-refractivity contribution in [2.75, 3.05) is 32.6 Å². The van der Waals surface area contributed by atoms with Gasteiger partial charge in [0.15, 0.2) is 0 Å². The summed E-state index contributed by atoms with van der Waals surface area (Å²) in [5.74, 6) is 0.698. The van der Waals surface area contributed by atoms with Gasteiger partial charge in [0.05, 0.1) is 12.9 Å². The number of nitrogens with zero attached hydrogens (tertiary/aromatic N) is 1. The minimum Gasteiger partial charge on any atom is -0.497 e. The van der Waals surface area contributed by atoms with Gasteiger partial charge in [-0.1, -0.05) is 24.3 Å². The van der Waals surface area contributed by atoms with Crippen LogP contribution in [0, 0.1) is 0 Å². The predicted molar refractivity (Wildman–Crippen MR) is 103 cm³/mol. The van der Waals surface area contributed by atoms with Crippen LogP contribution in [-0.4, -0.2) is 36.2 Å². The molecule has 2 aromatic rings. The normalized spacial score (nSPS) is 11.3. The third-order valence-corrected chi connectivity index (χ3v) is 5.29. The van der Waals surface area contributed by atoms with E-state index in [1.807, 2.05) is 14.1 Å². The molecule has 0 unspecified atom stereocenters. The zero-order chi connectivity index (χ0) is 18.3. The van der Waals surface area contributed by atoms with E-state index in [-0.39, 0.29) is 5.75 Å². The molecule has 0 bridgehead atoms. The van der Waals surface area contributed by atoms with Gasteiger partial charge in [0.2, 0.25) is 10.0 Å². The monoisotopic (exact) mass is 362 g/mol. The highest BCUT2D eigenvalue weighted by Crippen LogP contribution is 2.14. The minimum atomic E-state index is -3.32. The van der Waals surface area contributed by atoms with Crippen LogP contribution in [0.4, 0.5) is 5.69 Å². The van der Waals surface area contributed by atoms with Crippen molar-refractivity contribution in [1.29, 1.82) is 0 Å². The average molecular weight is 362 g/mol. The summed E-state index contributed by atoms with van der Waals surface area (Å²) in [6.45, 7) is 0.438.